The van der Waals surface area contributed by atoms with Gasteiger partial charge in [0.05, 0.1) is 10.7 Å². The predicted molar refractivity (Wildman–Crippen MR) is 152 cm³/mol. The Labute approximate surface area is 218 Å². The maximum Gasteiger partial charge on any atom is 0.139 e. The molecule has 4 heterocycles. The highest BCUT2D eigenvalue weighted by atomic mass is 35.5. The van der Waals surface area contributed by atoms with E-state index in [2.05, 4.69) is 80.8 Å². The lowest BCUT2D eigenvalue weighted by molar-refractivity contribution is 0.313. The summed E-state index contributed by atoms with van der Waals surface area (Å²) >= 11 is 6.78. The van der Waals surface area contributed by atoms with Gasteiger partial charge in [0.25, 0.3) is 0 Å². The minimum atomic E-state index is 0.715. The van der Waals surface area contributed by atoms with Crippen molar-refractivity contribution in [1.82, 2.24) is 14.9 Å². The first-order valence-electron chi connectivity index (χ1n) is 12.8. The van der Waals surface area contributed by atoms with Crippen molar-refractivity contribution < 1.29 is 0 Å². The van der Waals surface area contributed by atoms with Gasteiger partial charge < -0.3 is 19.7 Å². The molecule has 2 aromatic heterocycles. The zero-order valence-electron chi connectivity index (χ0n) is 20.8. The molecule has 0 atom stereocenters. The Balaban J connectivity index is 1.45. The van der Waals surface area contributed by atoms with Gasteiger partial charge in [-0.05, 0) is 60.8 Å². The number of fused-ring (bicyclic) bond motifs is 2. The number of hydrogen-bond donors (Lipinski definition) is 1. The van der Waals surface area contributed by atoms with Crippen LogP contribution in [0, 0.1) is 0 Å². The monoisotopic (exact) mass is 497 g/mol. The molecule has 0 amide bonds. The molecule has 0 unspecified atom stereocenters. The molecule has 4 aromatic rings. The van der Waals surface area contributed by atoms with Gasteiger partial charge in [0.15, 0.2) is 0 Å². The number of pyridine rings is 1. The van der Waals surface area contributed by atoms with E-state index in [9.17, 15) is 0 Å². The van der Waals surface area contributed by atoms with Gasteiger partial charge in [0.2, 0.25) is 0 Å². The van der Waals surface area contributed by atoms with Crippen molar-refractivity contribution >= 4 is 34.0 Å². The molecule has 6 heteroatoms. The molecule has 1 saturated heterocycles. The van der Waals surface area contributed by atoms with E-state index < -0.39 is 0 Å². The number of likely N-dealkylation sites (N-methyl/N-ethyl adjacent to an activating group) is 1. The molecule has 0 bridgehead atoms. The molecule has 36 heavy (non-hydrogen) atoms. The first kappa shape index (κ1) is 23.1. The Bertz CT molecular complexity index is 1400. The summed E-state index contributed by atoms with van der Waals surface area (Å²) in [7, 11) is 2.19. The molecule has 0 spiro atoms. The van der Waals surface area contributed by atoms with Crippen LogP contribution in [0.1, 0.15) is 12.0 Å². The lowest BCUT2D eigenvalue weighted by Gasteiger charge is -2.34. The van der Waals surface area contributed by atoms with E-state index in [1.54, 1.807) is 6.20 Å². The molecule has 184 valence electrons. The van der Waals surface area contributed by atoms with E-state index in [0.29, 0.717) is 5.02 Å². The van der Waals surface area contributed by atoms with Crippen LogP contribution in [0.2, 0.25) is 5.02 Å². The van der Waals surface area contributed by atoms with Crippen LogP contribution in [-0.4, -0.2) is 61.2 Å². The summed E-state index contributed by atoms with van der Waals surface area (Å²) in [5.74, 6) is 0. The van der Waals surface area contributed by atoms with Gasteiger partial charge >= 0.3 is 0 Å². The minimum Gasteiger partial charge on any atom is -0.369 e. The van der Waals surface area contributed by atoms with Gasteiger partial charge in [-0.15, -0.1) is 6.58 Å². The first-order chi connectivity index (χ1) is 17.6. The number of aromatic nitrogens is 2. The van der Waals surface area contributed by atoms with Crippen LogP contribution >= 0.6 is 11.6 Å². The Kier molecular flexibility index (Phi) is 6.20. The number of piperazine rings is 1. The third kappa shape index (κ3) is 4.16. The Morgan fingerprint density at radius 1 is 1.00 bits per heavy atom. The molecule has 2 aromatic carbocycles. The summed E-state index contributed by atoms with van der Waals surface area (Å²) in [6.45, 7) is 10.2. The molecule has 5 nitrogen and oxygen atoms in total. The van der Waals surface area contributed by atoms with E-state index in [-0.39, 0.29) is 0 Å². The summed E-state index contributed by atoms with van der Waals surface area (Å²) in [5, 5.41) is 1.69. The first-order valence-corrected chi connectivity index (χ1v) is 13.2. The van der Waals surface area contributed by atoms with E-state index in [4.69, 9.17) is 11.6 Å². The highest BCUT2D eigenvalue weighted by molar-refractivity contribution is 6.36. The van der Waals surface area contributed by atoms with E-state index in [1.807, 2.05) is 12.1 Å². The second kappa shape index (κ2) is 9.64. The average molecular weight is 498 g/mol. The maximum atomic E-state index is 6.78. The van der Waals surface area contributed by atoms with Crippen LogP contribution in [0.5, 0.6) is 0 Å². The van der Waals surface area contributed by atoms with Gasteiger partial charge in [-0.25, -0.2) is 4.98 Å². The number of halogens is 1. The zero-order chi connectivity index (χ0) is 24.6. The summed E-state index contributed by atoms with van der Waals surface area (Å²) in [6.07, 6.45) is 6.04. The fourth-order valence-electron chi connectivity index (χ4n) is 5.64. The molecule has 0 radical (unpaired) electrons. The normalized spacial score (nSPS) is 16.4. The van der Waals surface area contributed by atoms with Crippen molar-refractivity contribution in [3.8, 4) is 22.4 Å². The zero-order valence-corrected chi connectivity index (χ0v) is 21.6. The highest BCUT2D eigenvalue weighted by Crippen LogP contribution is 2.43. The summed E-state index contributed by atoms with van der Waals surface area (Å²) in [4.78, 5) is 15.5. The second-order valence-electron chi connectivity index (χ2n) is 9.91. The minimum absolute atomic E-state index is 0.715. The van der Waals surface area contributed by atoms with E-state index in [1.165, 1.54) is 23.4 Å². The number of hydrogen-bond acceptors (Lipinski definition) is 4. The van der Waals surface area contributed by atoms with Crippen molar-refractivity contribution in [3.05, 3.63) is 78.0 Å². The van der Waals surface area contributed by atoms with Gasteiger partial charge in [0, 0.05) is 67.8 Å². The summed E-state index contributed by atoms with van der Waals surface area (Å²) < 4.78 is 0. The van der Waals surface area contributed by atoms with Gasteiger partial charge in [-0.1, -0.05) is 41.9 Å². The molecule has 2 aliphatic rings. The van der Waals surface area contributed by atoms with Crippen LogP contribution in [0.3, 0.4) is 0 Å². The number of aryl methyl sites for hydroxylation is 1. The molecule has 6 rings (SSSR count). The van der Waals surface area contributed by atoms with Crippen LogP contribution in [0.25, 0.3) is 33.4 Å². The number of nitrogens with zero attached hydrogens (tertiary/aromatic N) is 4. The summed E-state index contributed by atoms with van der Waals surface area (Å²) in [6, 6.07) is 17.6. The molecule has 0 aliphatic carbocycles. The van der Waals surface area contributed by atoms with Crippen LogP contribution in [-0.2, 0) is 6.42 Å². The van der Waals surface area contributed by atoms with Crippen molar-refractivity contribution in [1.29, 1.82) is 0 Å². The highest BCUT2D eigenvalue weighted by Gasteiger charge is 2.22. The van der Waals surface area contributed by atoms with Crippen molar-refractivity contribution in [2.45, 2.75) is 12.8 Å². The lowest BCUT2D eigenvalue weighted by atomic mass is 9.94. The standard InChI is InChI=1S/C30H32ClN5/c1-3-14-36-15-4-5-21-6-7-23(20-26(21)36)27-28-25(31)12-13-32-30(28)33-29(27)22-8-10-24(11-9-22)35-18-16-34(2)17-19-35/h3,6-13,20H,1,4-5,14-19H2,2H3,(H,32,33). The fourth-order valence-corrected chi connectivity index (χ4v) is 5.88. The Morgan fingerprint density at radius 2 is 1.78 bits per heavy atom. The molecule has 1 N–H and O–H groups in total. The largest absolute Gasteiger partial charge is 0.369 e. The quantitative estimate of drug-likeness (QED) is 0.331. The SMILES string of the molecule is C=CCN1CCCc2ccc(-c3c(-c4ccc(N5CCN(C)CC5)cc4)[nH]c4nccc(Cl)c34)cc21. The van der Waals surface area contributed by atoms with Crippen LogP contribution < -0.4 is 9.80 Å². The number of aromatic amines is 1. The lowest BCUT2D eigenvalue weighted by Crippen LogP contribution is -2.44. The second-order valence-corrected chi connectivity index (χ2v) is 10.3. The smallest absolute Gasteiger partial charge is 0.139 e. The number of nitrogens with one attached hydrogen (secondary N) is 1. The van der Waals surface area contributed by atoms with Crippen LogP contribution in [0.15, 0.2) is 67.4 Å². The topological polar surface area (TPSA) is 38.4 Å². The average Bonchev–Trinajstić information content (AvgIpc) is 3.30. The molecular formula is C30H32ClN5. The van der Waals surface area contributed by atoms with Crippen LogP contribution in [0.4, 0.5) is 11.4 Å². The van der Waals surface area contributed by atoms with Crippen molar-refractivity contribution in [3.63, 3.8) is 0 Å². The van der Waals surface area contributed by atoms with E-state index >= 15 is 0 Å². The third-order valence-corrected chi connectivity index (χ3v) is 7.92. The van der Waals surface area contributed by atoms with Crippen molar-refractivity contribution in [2.24, 2.45) is 0 Å². The number of anilines is 2. The molecule has 0 saturated carbocycles. The fraction of sp³-hybridized carbons (Fsp3) is 0.300. The third-order valence-electron chi connectivity index (χ3n) is 7.61. The van der Waals surface area contributed by atoms with E-state index in [0.717, 1.165) is 79.1 Å². The number of benzene rings is 2. The number of rotatable bonds is 5. The maximum absolute atomic E-state index is 6.78. The summed E-state index contributed by atoms with van der Waals surface area (Å²) in [5.41, 5.74) is 9.25. The van der Waals surface area contributed by atoms with Crippen molar-refractivity contribution in [2.75, 3.05) is 56.1 Å². The van der Waals surface area contributed by atoms with Gasteiger partial charge in [0.1, 0.15) is 5.65 Å². The Hall–Kier alpha value is -3.28. The van der Waals surface area contributed by atoms with Gasteiger partial charge in [-0.3, -0.25) is 0 Å². The molecular weight excluding hydrogens is 466 g/mol. The van der Waals surface area contributed by atoms with Gasteiger partial charge in [-0.2, -0.15) is 0 Å². The Morgan fingerprint density at radius 3 is 2.56 bits per heavy atom. The molecule has 1 fully saturated rings. The predicted octanol–water partition coefficient (Wildman–Crippen LogP) is 6.24. The molecule has 2 aliphatic heterocycles. The number of H-pyrrole nitrogens is 1.